The molecule has 0 saturated carbocycles. The summed E-state index contributed by atoms with van der Waals surface area (Å²) in [6, 6.07) is 7.87. The molecule has 1 saturated heterocycles. The van der Waals surface area contributed by atoms with Gasteiger partial charge >= 0.3 is 0 Å². The van der Waals surface area contributed by atoms with Crippen molar-refractivity contribution in [3.8, 4) is 0 Å². The van der Waals surface area contributed by atoms with E-state index in [0.29, 0.717) is 5.57 Å². The Morgan fingerprint density at radius 1 is 1.12 bits per heavy atom. The maximum Gasteiger partial charge on any atom is 0.197 e. The number of hydrogen-bond donors (Lipinski definition) is 0. The lowest BCUT2D eigenvalue weighted by atomic mass is 9.78. The van der Waals surface area contributed by atoms with Crippen LogP contribution < -0.4 is 0 Å². The summed E-state index contributed by atoms with van der Waals surface area (Å²) in [6.45, 7) is 5.02. The largest absolute Gasteiger partial charge is 0.369 e. The van der Waals surface area contributed by atoms with E-state index in [4.69, 9.17) is 4.74 Å². The SMILES string of the molecule is CC1=C[C@]2(S(=O)(=O)c3ccccc3)C(=O)CC(C)(C)OC2CC1=O. The van der Waals surface area contributed by atoms with Gasteiger partial charge in [-0.15, -0.1) is 0 Å². The minimum atomic E-state index is -4.04. The van der Waals surface area contributed by atoms with E-state index in [0.717, 1.165) is 0 Å². The van der Waals surface area contributed by atoms with Gasteiger partial charge in [0, 0.05) is 12.8 Å². The van der Waals surface area contributed by atoms with Gasteiger partial charge in [0.25, 0.3) is 0 Å². The third-order valence-corrected chi connectivity index (χ3v) is 7.09. The number of carbonyl (C=O) groups excluding carboxylic acids is 2. The first-order valence-electron chi connectivity index (χ1n) is 7.84. The zero-order valence-electron chi connectivity index (χ0n) is 13.9. The molecule has 0 N–H and O–H groups in total. The van der Waals surface area contributed by atoms with Crippen molar-refractivity contribution < 1.29 is 22.7 Å². The van der Waals surface area contributed by atoms with Gasteiger partial charge < -0.3 is 4.74 Å². The second-order valence-corrected chi connectivity index (χ2v) is 9.18. The fraction of sp³-hybridized carbons (Fsp3) is 0.444. The molecule has 1 heterocycles. The van der Waals surface area contributed by atoms with Gasteiger partial charge in [0.15, 0.2) is 26.2 Å². The summed E-state index contributed by atoms with van der Waals surface area (Å²) in [6.07, 6.45) is 0.177. The fourth-order valence-corrected chi connectivity index (χ4v) is 5.60. The highest BCUT2D eigenvalue weighted by Gasteiger charge is 2.62. The Kier molecular flexibility index (Phi) is 3.81. The molecule has 0 aromatic heterocycles. The van der Waals surface area contributed by atoms with Gasteiger partial charge in [0.1, 0.15) is 0 Å². The maximum atomic E-state index is 13.4. The molecule has 1 aliphatic carbocycles. The normalized spacial score (nSPS) is 29.8. The number of hydrogen-bond acceptors (Lipinski definition) is 5. The molecule has 1 aliphatic heterocycles. The number of ether oxygens (including phenoxy) is 1. The molecule has 0 spiro atoms. The van der Waals surface area contributed by atoms with Crippen LogP contribution in [0.25, 0.3) is 0 Å². The second kappa shape index (κ2) is 5.36. The van der Waals surface area contributed by atoms with Crippen molar-refractivity contribution in [2.45, 2.75) is 55.0 Å². The van der Waals surface area contributed by atoms with E-state index in [-0.39, 0.29) is 23.5 Å². The lowest BCUT2D eigenvalue weighted by Crippen LogP contribution is -2.64. The first kappa shape index (κ1) is 17.0. The molecule has 1 aromatic rings. The average molecular weight is 348 g/mol. The fourth-order valence-electron chi connectivity index (χ4n) is 3.51. The molecule has 3 rings (SSSR count). The van der Waals surface area contributed by atoms with Crippen molar-refractivity contribution in [3.05, 3.63) is 42.0 Å². The summed E-state index contributed by atoms with van der Waals surface area (Å²) in [4.78, 5) is 25.2. The predicted molar refractivity (Wildman–Crippen MR) is 88.3 cm³/mol. The lowest BCUT2D eigenvalue weighted by molar-refractivity contribution is -0.156. The average Bonchev–Trinajstić information content (AvgIpc) is 2.49. The minimum absolute atomic E-state index is 0.0203. The molecular formula is C18H20O5S. The highest BCUT2D eigenvalue weighted by atomic mass is 32.2. The van der Waals surface area contributed by atoms with Crippen LogP contribution in [0.15, 0.2) is 46.9 Å². The van der Waals surface area contributed by atoms with Crippen LogP contribution in [0.2, 0.25) is 0 Å². The van der Waals surface area contributed by atoms with Crippen molar-refractivity contribution in [2.75, 3.05) is 0 Å². The van der Waals surface area contributed by atoms with E-state index < -0.39 is 32.1 Å². The predicted octanol–water partition coefficient (Wildman–Crippen LogP) is 2.25. The molecule has 1 aromatic carbocycles. The van der Waals surface area contributed by atoms with Gasteiger partial charge in [-0.25, -0.2) is 8.42 Å². The number of sulfone groups is 1. The topological polar surface area (TPSA) is 77.5 Å². The number of rotatable bonds is 2. The van der Waals surface area contributed by atoms with Crippen molar-refractivity contribution in [3.63, 3.8) is 0 Å². The molecule has 128 valence electrons. The molecule has 2 atom stereocenters. The molecule has 5 nitrogen and oxygen atoms in total. The number of Topliss-reactive ketones (excluding diaryl/α,β-unsaturated/α-hetero) is 2. The van der Waals surface area contributed by atoms with Crippen LogP contribution in [0.1, 0.15) is 33.6 Å². The first-order chi connectivity index (χ1) is 11.1. The number of carbonyl (C=O) groups is 2. The minimum Gasteiger partial charge on any atom is -0.369 e. The molecule has 0 bridgehead atoms. The second-order valence-electron chi connectivity index (χ2n) is 7.03. The molecule has 0 amide bonds. The van der Waals surface area contributed by atoms with Crippen LogP contribution in [0.4, 0.5) is 0 Å². The Morgan fingerprint density at radius 3 is 2.38 bits per heavy atom. The first-order valence-corrected chi connectivity index (χ1v) is 9.32. The molecule has 2 aliphatic rings. The number of ketones is 2. The monoisotopic (exact) mass is 348 g/mol. The van der Waals surface area contributed by atoms with E-state index in [2.05, 4.69) is 0 Å². The molecule has 1 fully saturated rings. The Balaban J connectivity index is 2.27. The van der Waals surface area contributed by atoms with Crippen LogP contribution in [-0.4, -0.2) is 36.4 Å². The molecule has 6 heteroatoms. The third kappa shape index (κ3) is 2.36. The van der Waals surface area contributed by atoms with Gasteiger partial charge in [0.2, 0.25) is 0 Å². The zero-order chi connectivity index (χ0) is 17.8. The van der Waals surface area contributed by atoms with E-state index >= 15 is 0 Å². The van der Waals surface area contributed by atoms with E-state index in [1.807, 2.05) is 0 Å². The summed E-state index contributed by atoms with van der Waals surface area (Å²) in [5.41, 5.74) is -0.501. The smallest absolute Gasteiger partial charge is 0.197 e. The van der Waals surface area contributed by atoms with Gasteiger partial charge in [0.05, 0.1) is 16.6 Å². The van der Waals surface area contributed by atoms with E-state index in [1.54, 1.807) is 39.0 Å². The van der Waals surface area contributed by atoms with Crippen molar-refractivity contribution in [2.24, 2.45) is 0 Å². The van der Waals surface area contributed by atoms with Gasteiger partial charge in [-0.3, -0.25) is 9.59 Å². The lowest BCUT2D eigenvalue weighted by Gasteiger charge is -2.47. The van der Waals surface area contributed by atoms with Gasteiger partial charge in [-0.2, -0.15) is 0 Å². The van der Waals surface area contributed by atoms with Crippen molar-refractivity contribution in [1.82, 2.24) is 0 Å². The number of fused-ring (bicyclic) bond motifs is 1. The van der Waals surface area contributed by atoms with Crippen LogP contribution in [-0.2, 0) is 24.2 Å². The Labute approximate surface area is 141 Å². The highest BCUT2D eigenvalue weighted by Crippen LogP contribution is 2.45. The van der Waals surface area contributed by atoms with Crippen LogP contribution >= 0.6 is 0 Å². The third-order valence-electron chi connectivity index (χ3n) is 4.70. The quantitative estimate of drug-likeness (QED) is 0.819. The summed E-state index contributed by atoms with van der Waals surface area (Å²) in [7, 11) is -4.04. The van der Waals surface area contributed by atoms with Crippen LogP contribution in [0.3, 0.4) is 0 Å². The summed E-state index contributed by atoms with van der Waals surface area (Å²) in [5.74, 6) is -0.608. The number of allylic oxidation sites excluding steroid dienone is 1. The molecule has 24 heavy (non-hydrogen) atoms. The van der Waals surface area contributed by atoms with Crippen molar-refractivity contribution in [1.29, 1.82) is 0 Å². The number of benzene rings is 1. The highest BCUT2D eigenvalue weighted by molar-refractivity contribution is 7.94. The standard InChI is InChI=1S/C18H20O5S/c1-12-10-18(24(21,22)13-7-5-4-6-8-13)15(20)11-17(2,3)23-16(18)9-14(12)19/h4-8,10,16H,9,11H2,1-3H3/t16?,18-/m0/s1. The maximum absolute atomic E-state index is 13.4. The summed E-state index contributed by atoms with van der Waals surface area (Å²) >= 11 is 0. The van der Waals surface area contributed by atoms with Crippen LogP contribution in [0.5, 0.6) is 0 Å². The van der Waals surface area contributed by atoms with E-state index in [9.17, 15) is 18.0 Å². The van der Waals surface area contributed by atoms with Crippen molar-refractivity contribution >= 4 is 21.4 Å². The Bertz CT molecular complexity index is 835. The summed E-state index contributed by atoms with van der Waals surface area (Å²) in [5, 5.41) is 0. The Hall–Kier alpha value is -1.79. The van der Waals surface area contributed by atoms with E-state index in [1.165, 1.54) is 18.2 Å². The molecule has 0 radical (unpaired) electrons. The molecular weight excluding hydrogens is 328 g/mol. The van der Waals surface area contributed by atoms with Gasteiger partial charge in [-0.05, 0) is 44.6 Å². The molecule has 1 unspecified atom stereocenters. The van der Waals surface area contributed by atoms with Gasteiger partial charge in [-0.1, -0.05) is 18.2 Å². The Morgan fingerprint density at radius 2 is 1.75 bits per heavy atom. The van der Waals surface area contributed by atoms with Crippen LogP contribution in [0, 0.1) is 0 Å². The zero-order valence-corrected chi connectivity index (χ0v) is 14.7. The summed E-state index contributed by atoms with van der Waals surface area (Å²) < 4.78 is 30.8.